The second-order valence-corrected chi connectivity index (χ2v) is 2.53. The number of anilines is 1. The summed E-state index contributed by atoms with van der Waals surface area (Å²) in [5, 5.41) is 14.8. The molecule has 0 unspecified atom stereocenters. The molecule has 0 aliphatic carbocycles. The molecule has 0 spiro atoms. The number of benzene rings is 1. The summed E-state index contributed by atoms with van der Waals surface area (Å²) in [6.07, 6.45) is 0. The number of para-hydroxylation sites is 2. The highest BCUT2D eigenvalue weighted by atomic mass is 19.2. The van der Waals surface area contributed by atoms with E-state index in [1.165, 1.54) is 12.8 Å². The second-order valence-electron chi connectivity index (χ2n) is 2.53. The number of hydrazine groups is 1. The summed E-state index contributed by atoms with van der Waals surface area (Å²) in [7, 11) is 1.53. The molecule has 7 nitrogen and oxygen atoms in total. The van der Waals surface area contributed by atoms with E-state index in [0.717, 1.165) is 0 Å². The highest BCUT2D eigenvalue weighted by Crippen LogP contribution is 2.21. The van der Waals surface area contributed by atoms with Gasteiger partial charge in [0.25, 0.3) is 0 Å². The average Bonchev–Trinajstić information content (AvgIpc) is 2.31. The lowest BCUT2D eigenvalue weighted by molar-refractivity contribution is -0.159. The zero-order valence-corrected chi connectivity index (χ0v) is 8.81. The third-order valence-electron chi connectivity index (χ3n) is 1.47. The number of methoxy groups -OCH3 is 1. The lowest BCUT2D eigenvalue weighted by Crippen LogP contribution is -2.10. The summed E-state index contributed by atoms with van der Waals surface area (Å²) in [4.78, 5) is 18.2. The van der Waals surface area contributed by atoms with Gasteiger partial charge in [0.05, 0.1) is 12.8 Å². The molecule has 0 atom stereocenters. The summed E-state index contributed by atoms with van der Waals surface area (Å²) >= 11 is 0. The van der Waals surface area contributed by atoms with Crippen LogP contribution in [0.1, 0.15) is 0 Å². The Morgan fingerprint density at radius 3 is 2.18 bits per heavy atom. The first-order valence-electron chi connectivity index (χ1n) is 4.23. The Morgan fingerprint density at radius 2 is 1.76 bits per heavy atom. The number of hydrogen-bond donors (Lipinski definition) is 4. The predicted octanol–water partition coefficient (Wildman–Crippen LogP) is 0.652. The van der Waals surface area contributed by atoms with Crippen LogP contribution in [0.2, 0.25) is 0 Å². The molecule has 1 aromatic rings. The highest BCUT2D eigenvalue weighted by Gasteiger charge is 2.04. The number of carboxylic acid groups (broad SMARTS) is 2. The van der Waals surface area contributed by atoms with Crippen LogP contribution < -0.4 is 15.8 Å². The molecule has 0 aliphatic heterocycles. The quantitative estimate of drug-likeness (QED) is 0.352. The van der Waals surface area contributed by atoms with Crippen LogP contribution in [0, 0.1) is 0 Å². The molecule has 17 heavy (non-hydrogen) atoms. The Balaban J connectivity index is 0.000000366. The van der Waals surface area contributed by atoms with Gasteiger partial charge in [-0.05, 0) is 12.1 Å². The van der Waals surface area contributed by atoms with E-state index < -0.39 is 11.9 Å². The first-order valence-corrected chi connectivity index (χ1v) is 4.23. The first kappa shape index (κ1) is 14.7. The molecule has 0 fully saturated rings. The Kier molecular flexibility index (Phi) is 6.79. The van der Waals surface area contributed by atoms with Gasteiger partial charge in [-0.3, -0.25) is 5.43 Å². The van der Waals surface area contributed by atoms with Crippen molar-refractivity contribution in [1.29, 1.82) is 0 Å². The van der Waals surface area contributed by atoms with E-state index in [9.17, 15) is 4.48 Å². The fraction of sp³-hybridized carbons (Fsp3) is 0.111. The molecule has 4 N–H and O–H groups in total. The van der Waals surface area contributed by atoms with E-state index >= 15 is 0 Å². The van der Waals surface area contributed by atoms with Gasteiger partial charge in [0.15, 0.2) is 0 Å². The zero-order valence-electron chi connectivity index (χ0n) is 8.81. The van der Waals surface area contributed by atoms with E-state index in [-0.39, 0.29) is 0 Å². The number of nitrogens with one attached hydrogen (secondary N) is 2. The molecular formula is C9H11FN2O5. The van der Waals surface area contributed by atoms with Crippen molar-refractivity contribution in [3.05, 3.63) is 24.3 Å². The van der Waals surface area contributed by atoms with Crippen LogP contribution in [0.5, 0.6) is 5.75 Å². The molecule has 0 bridgehead atoms. The number of carboxylic acids is 2. The highest BCUT2D eigenvalue weighted by molar-refractivity contribution is 6.27. The maximum absolute atomic E-state index is 11.6. The Bertz CT molecular complexity index is 373. The molecule has 0 aromatic heterocycles. The molecule has 94 valence electrons. The van der Waals surface area contributed by atoms with Crippen molar-refractivity contribution < 1.29 is 29.0 Å². The average molecular weight is 246 g/mol. The molecule has 0 aliphatic rings. The Labute approximate surface area is 95.7 Å². The number of aliphatic carboxylic acids is 2. The molecular weight excluding hydrogens is 235 g/mol. The molecule has 1 rings (SSSR count). The SMILES string of the molecule is COc1ccccc1NNF.O=C(O)C(=O)O. The number of hydrogen-bond acceptors (Lipinski definition) is 5. The molecule has 8 heteroatoms. The summed E-state index contributed by atoms with van der Waals surface area (Å²) in [5.74, 6) is -3.05. The lowest BCUT2D eigenvalue weighted by Gasteiger charge is -2.06. The predicted molar refractivity (Wildman–Crippen MR) is 56.1 cm³/mol. The minimum atomic E-state index is -1.82. The van der Waals surface area contributed by atoms with Gasteiger partial charge in [-0.25, -0.2) is 9.59 Å². The lowest BCUT2D eigenvalue weighted by atomic mass is 10.3. The maximum atomic E-state index is 11.6. The van der Waals surface area contributed by atoms with Gasteiger partial charge in [-0.15, -0.1) is 4.48 Å². The van der Waals surface area contributed by atoms with E-state index in [1.54, 1.807) is 18.2 Å². The molecule has 1 aromatic carbocycles. The van der Waals surface area contributed by atoms with Crippen LogP contribution in [0.15, 0.2) is 24.3 Å². The van der Waals surface area contributed by atoms with Crippen LogP contribution in [0.25, 0.3) is 0 Å². The van der Waals surface area contributed by atoms with Crippen molar-refractivity contribution in [3.8, 4) is 5.75 Å². The topological polar surface area (TPSA) is 108 Å². The van der Waals surface area contributed by atoms with Crippen LogP contribution in [-0.2, 0) is 9.59 Å². The largest absolute Gasteiger partial charge is 0.495 e. The molecule has 0 saturated carbocycles. The van der Waals surface area contributed by atoms with Gasteiger partial charge >= 0.3 is 11.9 Å². The Morgan fingerprint density at radius 1 is 1.24 bits per heavy atom. The first-order chi connectivity index (χ1) is 8.02. The molecule has 0 saturated heterocycles. The summed E-state index contributed by atoms with van der Waals surface area (Å²) < 4.78 is 16.5. The van der Waals surface area contributed by atoms with Crippen LogP contribution in [0.3, 0.4) is 0 Å². The number of carbonyl (C=O) groups is 2. The zero-order chi connectivity index (χ0) is 13.3. The van der Waals surface area contributed by atoms with E-state index in [4.69, 9.17) is 24.5 Å². The summed E-state index contributed by atoms with van der Waals surface area (Å²) in [6.45, 7) is 0. The third kappa shape index (κ3) is 5.95. The van der Waals surface area contributed by atoms with Crippen molar-refractivity contribution in [2.24, 2.45) is 0 Å². The molecule has 0 radical (unpaired) electrons. The standard InChI is InChI=1S/C7H9FN2O.C2H2O4/c1-11-7-5-3-2-4-6(7)9-10-8;3-1(4)2(5)6/h2-5,9-10H,1H3;(H,3,4)(H,5,6). The molecule has 0 heterocycles. The maximum Gasteiger partial charge on any atom is 0.414 e. The minimum Gasteiger partial charge on any atom is -0.495 e. The van der Waals surface area contributed by atoms with Crippen molar-refractivity contribution in [3.63, 3.8) is 0 Å². The number of ether oxygens (including phenoxy) is 1. The van der Waals surface area contributed by atoms with Crippen molar-refractivity contribution in [2.75, 3.05) is 12.5 Å². The van der Waals surface area contributed by atoms with Crippen molar-refractivity contribution in [2.45, 2.75) is 0 Å². The van der Waals surface area contributed by atoms with Gasteiger partial charge in [-0.2, -0.15) is 0 Å². The van der Waals surface area contributed by atoms with Crippen molar-refractivity contribution in [1.82, 2.24) is 5.65 Å². The van der Waals surface area contributed by atoms with Crippen LogP contribution in [0.4, 0.5) is 10.2 Å². The normalized spacial score (nSPS) is 8.59. The number of rotatable bonds is 3. The fourth-order valence-electron chi connectivity index (χ4n) is 0.799. The fourth-order valence-corrected chi connectivity index (χ4v) is 0.799. The van der Waals surface area contributed by atoms with Crippen LogP contribution >= 0.6 is 0 Å². The second kappa shape index (κ2) is 7.88. The number of halogens is 1. The van der Waals surface area contributed by atoms with Gasteiger partial charge in [0, 0.05) is 0 Å². The Hall–Kier alpha value is -2.35. The van der Waals surface area contributed by atoms with Gasteiger partial charge in [-0.1, -0.05) is 17.8 Å². The van der Waals surface area contributed by atoms with E-state index in [1.807, 2.05) is 6.07 Å². The van der Waals surface area contributed by atoms with Crippen LogP contribution in [-0.4, -0.2) is 29.3 Å². The smallest absolute Gasteiger partial charge is 0.414 e. The van der Waals surface area contributed by atoms with Gasteiger partial charge in [0.2, 0.25) is 0 Å². The van der Waals surface area contributed by atoms with E-state index in [0.29, 0.717) is 11.4 Å². The molecule has 0 amide bonds. The van der Waals surface area contributed by atoms with E-state index in [2.05, 4.69) is 5.43 Å². The van der Waals surface area contributed by atoms with Crippen molar-refractivity contribution >= 4 is 17.6 Å². The summed E-state index contributed by atoms with van der Waals surface area (Å²) in [5.41, 5.74) is 4.18. The van der Waals surface area contributed by atoms with Gasteiger partial charge < -0.3 is 14.9 Å². The third-order valence-corrected chi connectivity index (χ3v) is 1.47. The van der Waals surface area contributed by atoms with Gasteiger partial charge in [0.1, 0.15) is 5.75 Å². The minimum absolute atomic E-state index is 0.567. The monoisotopic (exact) mass is 246 g/mol. The summed E-state index contributed by atoms with van der Waals surface area (Å²) in [6, 6.07) is 7.02.